The van der Waals surface area contributed by atoms with Gasteiger partial charge >= 0.3 is 5.97 Å². The van der Waals surface area contributed by atoms with Crippen LogP contribution in [0.25, 0.3) is 0 Å². The molecule has 0 saturated heterocycles. The van der Waals surface area contributed by atoms with Crippen LogP contribution in [0.2, 0.25) is 0 Å². The number of carbonyl (C=O) groups is 1. The molecule has 94 valence electrons. The van der Waals surface area contributed by atoms with Gasteiger partial charge in [0.2, 0.25) is 5.88 Å². The first-order valence-corrected chi connectivity index (χ1v) is 4.57. The highest BCUT2D eigenvalue weighted by molar-refractivity contribution is 5.73. The first-order valence-electron chi connectivity index (χ1n) is 4.57. The van der Waals surface area contributed by atoms with Crippen LogP contribution in [0.4, 0.5) is 13.2 Å². The molecule has 0 aliphatic heterocycles. The highest BCUT2D eigenvalue weighted by Gasteiger charge is 2.24. The van der Waals surface area contributed by atoms with E-state index in [1.54, 1.807) is 0 Å². The standard InChI is InChI=1S/C10H10F3NO3/c1-16-7(15)3-5-8(9(12)13)6(11)4-14-10(5)17-2/h4,9H,3H2,1-2H3. The zero-order valence-electron chi connectivity index (χ0n) is 9.17. The number of rotatable bonds is 4. The normalized spacial score (nSPS) is 10.5. The van der Waals surface area contributed by atoms with Crippen LogP contribution in [0.5, 0.6) is 5.88 Å². The molecular weight excluding hydrogens is 239 g/mol. The van der Waals surface area contributed by atoms with Crippen molar-refractivity contribution in [2.75, 3.05) is 14.2 Å². The van der Waals surface area contributed by atoms with E-state index in [1.807, 2.05) is 0 Å². The Labute approximate surface area is 95.4 Å². The summed E-state index contributed by atoms with van der Waals surface area (Å²) < 4.78 is 47.6. The monoisotopic (exact) mass is 249 g/mol. The van der Waals surface area contributed by atoms with E-state index < -0.39 is 30.2 Å². The number of pyridine rings is 1. The lowest BCUT2D eigenvalue weighted by Crippen LogP contribution is -2.11. The minimum atomic E-state index is -3.06. The van der Waals surface area contributed by atoms with E-state index in [0.29, 0.717) is 6.20 Å². The molecule has 0 saturated carbocycles. The maximum atomic E-state index is 13.2. The molecule has 0 N–H and O–H groups in total. The first kappa shape index (κ1) is 13.3. The predicted octanol–water partition coefficient (Wildman–Crippen LogP) is 1.88. The number of hydrogen-bond donors (Lipinski definition) is 0. The number of carbonyl (C=O) groups excluding carboxylic acids is 1. The second-order valence-corrected chi connectivity index (χ2v) is 3.06. The quantitative estimate of drug-likeness (QED) is 0.764. The summed E-state index contributed by atoms with van der Waals surface area (Å²) >= 11 is 0. The van der Waals surface area contributed by atoms with E-state index in [9.17, 15) is 18.0 Å². The highest BCUT2D eigenvalue weighted by Crippen LogP contribution is 2.31. The maximum absolute atomic E-state index is 13.2. The first-order chi connectivity index (χ1) is 8.01. The van der Waals surface area contributed by atoms with E-state index in [0.717, 1.165) is 7.11 Å². The third-order valence-corrected chi connectivity index (χ3v) is 2.10. The summed E-state index contributed by atoms with van der Waals surface area (Å²) in [6.07, 6.45) is -2.96. The van der Waals surface area contributed by atoms with Gasteiger partial charge in [-0.1, -0.05) is 0 Å². The van der Waals surface area contributed by atoms with Crippen molar-refractivity contribution in [2.45, 2.75) is 12.8 Å². The maximum Gasteiger partial charge on any atom is 0.310 e. The Morgan fingerprint density at radius 1 is 1.47 bits per heavy atom. The minimum absolute atomic E-state index is 0.216. The van der Waals surface area contributed by atoms with E-state index >= 15 is 0 Å². The van der Waals surface area contributed by atoms with Crippen molar-refractivity contribution in [3.05, 3.63) is 23.1 Å². The lowest BCUT2D eigenvalue weighted by atomic mass is 10.1. The molecule has 0 aromatic carbocycles. The fourth-order valence-electron chi connectivity index (χ4n) is 1.32. The molecule has 0 bridgehead atoms. The average molecular weight is 249 g/mol. The van der Waals surface area contributed by atoms with Gasteiger partial charge in [-0.05, 0) is 0 Å². The van der Waals surface area contributed by atoms with Crippen LogP contribution < -0.4 is 4.74 Å². The van der Waals surface area contributed by atoms with Crippen molar-refractivity contribution in [2.24, 2.45) is 0 Å². The topological polar surface area (TPSA) is 48.4 Å². The van der Waals surface area contributed by atoms with Gasteiger partial charge in [-0.3, -0.25) is 4.79 Å². The minimum Gasteiger partial charge on any atom is -0.481 e. The fraction of sp³-hybridized carbons (Fsp3) is 0.400. The molecule has 17 heavy (non-hydrogen) atoms. The molecule has 0 radical (unpaired) electrons. The Morgan fingerprint density at radius 2 is 2.12 bits per heavy atom. The van der Waals surface area contributed by atoms with Gasteiger partial charge in [0.05, 0.1) is 32.4 Å². The van der Waals surface area contributed by atoms with Gasteiger partial charge in [0, 0.05) is 5.56 Å². The Kier molecular flexibility index (Phi) is 4.30. The number of aromatic nitrogens is 1. The predicted molar refractivity (Wildman–Crippen MR) is 51.4 cm³/mol. The van der Waals surface area contributed by atoms with Crippen LogP contribution in [0.15, 0.2) is 6.20 Å². The second kappa shape index (κ2) is 5.51. The number of methoxy groups -OCH3 is 2. The molecule has 7 heteroatoms. The lowest BCUT2D eigenvalue weighted by molar-refractivity contribution is -0.139. The van der Waals surface area contributed by atoms with Crippen molar-refractivity contribution < 1.29 is 27.4 Å². The van der Waals surface area contributed by atoms with Crippen LogP contribution in [0, 0.1) is 5.82 Å². The van der Waals surface area contributed by atoms with Gasteiger partial charge in [-0.25, -0.2) is 18.2 Å². The number of alkyl halides is 2. The van der Waals surface area contributed by atoms with Crippen LogP contribution in [-0.2, 0) is 16.0 Å². The van der Waals surface area contributed by atoms with Gasteiger partial charge in [-0.2, -0.15) is 0 Å². The molecule has 0 spiro atoms. The number of esters is 1. The molecule has 0 unspecified atom stereocenters. The molecular formula is C10H10F3NO3. The number of halogens is 3. The summed E-state index contributed by atoms with van der Waals surface area (Å²) in [4.78, 5) is 14.6. The molecule has 1 rings (SSSR count). The molecule has 1 aromatic heterocycles. The van der Waals surface area contributed by atoms with Crippen LogP contribution in [0.1, 0.15) is 17.6 Å². The second-order valence-electron chi connectivity index (χ2n) is 3.06. The third-order valence-electron chi connectivity index (χ3n) is 2.10. The number of ether oxygens (including phenoxy) is 2. The zero-order chi connectivity index (χ0) is 13.0. The van der Waals surface area contributed by atoms with Crippen LogP contribution in [0.3, 0.4) is 0 Å². The summed E-state index contributed by atoms with van der Waals surface area (Å²) in [6, 6.07) is 0. The van der Waals surface area contributed by atoms with Crippen molar-refractivity contribution >= 4 is 5.97 Å². The lowest BCUT2D eigenvalue weighted by Gasteiger charge is -2.12. The Hall–Kier alpha value is -1.79. The van der Waals surface area contributed by atoms with Gasteiger partial charge in [-0.15, -0.1) is 0 Å². The largest absolute Gasteiger partial charge is 0.481 e. The molecule has 0 amide bonds. The summed E-state index contributed by atoms with van der Waals surface area (Å²) in [6.45, 7) is 0. The smallest absolute Gasteiger partial charge is 0.310 e. The van der Waals surface area contributed by atoms with Crippen LogP contribution >= 0.6 is 0 Å². The number of hydrogen-bond acceptors (Lipinski definition) is 4. The SMILES string of the molecule is COC(=O)Cc1c(OC)ncc(F)c1C(F)F. The molecule has 1 heterocycles. The summed E-state index contributed by atoms with van der Waals surface area (Å²) in [5, 5.41) is 0. The van der Waals surface area contributed by atoms with Gasteiger partial charge in [0.25, 0.3) is 6.43 Å². The molecule has 0 aliphatic rings. The van der Waals surface area contributed by atoms with Crippen molar-refractivity contribution in [3.8, 4) is 5.88 Å². The van der Waals surface area contributed by atoms with Crippen molar-refractivity contribution in [1.82, 2.24) is 4.98 Å². The van der Waals surface area contributed by atoms with Gasteiger partial charge < -0.3 is 9.47 Å². The van der Waals surface area contributed by atoms with E-state index in [1.165, 1.54) is 7.11 Å². The number of nitrogens with zero attached hydrogens (tertiary/aromatic N) is 1. The molecule has 1 aromatic rings. The van der Waals surface area contributed by atoms with Gasteiger partial charge in [0.1, 0.15) is 0 Å². The van der Waals surface area contributed by atoms with Crippen molar-refractivity contribution in [1.29, 1.82) is 0 Å². The summed E-state index contributed by atoms with van der Waals surface area (Å²) in [7, 11) is 2.29. The van der Waals surface area contributed by atoms with E-state index in [4.69, 9.17) is 4.74 Å². The summed E-state index contributed by atoms with van der Waals surface area (Å²) in [5.74, 6) is -2.18. The van der Waals surface area contributed by atoms with Crippen molar-refractivity contribution in [3.63, 3.8) is 0 Å². The zero-order valence-corrected chi connectivity index (χ0v) is 9.17. The van der Waals surface area contributed by atoms with Crippen LogP contribution in [-0.4, -0.2) is 25.2 Å². The Bertz CT molecular complexity index is 424. The summed E-state index contributed by atoms with van der Waals surface area (Å²) in [5.41, 5.74) is -1.18. The molecule has 4 nitrogen and oxygen atoms in total. The molecule has 0 aliphatic carbocycles. The molecule has 0 fully saturated rings. The fourth-order valence-corrected chi connectivity index (χ4v) is 1.32. The van der Waals surface area contributed by atoms with Gasteiger partial charge in [0.15, 0.2) is 5.82 Å². The highest BCUT2D eigenvalue weighted by atomic mass is 19.3. The Balaban J connectivity index is 3.29. The average Bonchev–Trinajstić information content (AvgIpc) is 2.28. The Morgan fingerprint density at radius 3 is 2.59 bits per heavy atom. The van der Waals surface area contributed by atoms with E-state index in [2.05, 4.69) is 9.72 Å². The third kappa shape index (κ3) is 2.86. The van der Waals surface area contributed by atoms with E-state index in [-0.39, 0.29) is 11.4 Å². The molecule has 0 atom stereocenters.